The van der Waals surface area contributed by atoms with Gasteiger partial charge in [0.25, 0.3) is 0 Å². The second kappa shape index (κ2) is 7.14. The van der Waals surface area contributed by atoms with Crippen LogP contribution in [0.3, 0.4) is 0 Å². The van der Waals surface area contributed by atoms with Crippen LogP contribution >= 0.6 is 11.6 Å². The highest BCUT2D eigenvalue weighted by Crippen LogP contribution is 2.24. The quantitative estimate of drug-likeness (QED) is 0.845. The highest BCUT2D eigenvalue weighted by molar-refractivity contribution is 6.32. The van der Waals surface area contributed by atoms with E-state index in [4.69, 9.17) is 16.7 Å². The molecule has 1 aromatic heterocycles. The molecule has 0 atom stereocenters. The summed E-state index contributed by atoms with van der Waals surface area (Å²) in [4.78, 5) is 24.9. The number of aromatic hydroxyl groups is 1. The number of carbonyl (C=O) groups is 2. The van der Waals surface area contributed by atoms with E-state index < -0.39 is 5.97 Å². The standard InChI is InChI=1S/C17H18ClN3O4/c18-14-7-11(1-3-15(14)22)8-16(23)20-5-6-21-13(10-20)9-12(19-21)2-4-17(24)25/h1,3,7,9,22H,2,4-6,8,10H2,(H,24,25). The van der Waals surface area contributed by atoms with Gasteiger partial charge in [0.2, 0.25) is 5.91 Å². The Bertz CT molecular complexity index is 818. The number of aryl methyl sites for hydroxylation is 1. The van der Waals surface area contributed by atoms with Crippen LogP contribution < -0.4 is 0 Å². The van der Waals surface area contributed by atoms with Gasteiger partial charge in [0.05, 0.1) is 42.3 Å². The van der Waals surface area contributed by atoms with Gasteiger partial charge in [-0.15, -0.1) is 0 Å². The summed E-state index contributed by atoms with van der Waals surface area (Å²) in [7, 11) is 0. The molecule has 132 valence electrons. The number of carboxylic acid groups (broad SMARTS) is 1. The highest BCUT2D eigenvalue weighted by atomic mass is 35.5. The van der Waals surface area contributed by atoms with Gasteiger partial charge in [-0.3, -0.25) is 14.3 Å². The first-order chi connectivity index (χ1) is 11.9. The summed E-state index contributed by atoms with van der Waals surface area (Å²) >= 11 is 5.88. The fourth-order valence-electron chi connectivity index (χ4n) is 2.84. The first-order valence-corrected chi connectivity index (χ1v) is 8.33. The molecule has 1 aromatic carbocycles. The summed E-state index contributed by atoms with van der Waals surface area (Å²) in [5.41, 5.74) is 2.38. The van der Waals surface area contributed by atoms with Crippen LogP contribution in [0, 0.1) is 0 Å². The second-order valence-corrected chi connectivity index (χ2v) is 6.43. The maximum absolute atomic E-state index is 12.5. The van der Waals surface area contributed by atoms with Gasteiger partial charge in [-0.2, -0.15) is 5.10 Å². The van der Waals surface area contributed by atoms with E-state index in [-0.39, 0.29) is 29.5 Å². The number of aliphatic carboxylic acids is 1. The average molecular weight is 364 g/mol. The van der Waals surface area contributed by atoms with E-state index in [1.807, 2.05) is 10.7 Å². The number of hydrogen-bond donors (Lipinski definition) is 2. The van der Waals surface area contributed by atoms with Gasteiger partial charge in [-0.25, -0.2) is 0 Å². The van der Waals surface area contributed by atoms with Gasteiger partial charge >= 0.3 is 5.97 Å². The molecule has 0 fully saturated rings. The Morgan fingerprint density at radius 1 is 1.24 bits per heavy atom. The molecule has 2 aromatic rings. The lowest BCUT2D eigenvalue weighted by Crippen LogP contribution is -2.39. The highest BCUT2D eigenvalue weighted by Gasteiger charge is 2.22. The molecule has 0 aliphatic carbocycles. The zero-order valence-electron chi connectivity index (χ0n) is 13.5. The predicted octanol–water partition coefficient (Wildman–Crippen LogP) is 1.84. The van der Waals surface area contributed by atoms with Crippen molar-refractivity contribution in [3.8, 4) is 5.75 Å². The number of nitrogens with zero attached hydrogens (tertiary/aromatic N) is 3. The molecule has 0 saturated carbocycles. The lowest BCUT2D eigenvalue weighted by atomic mass is 10.1. The van der Waals surface area contributed by atoms with Crippen molar-refractivity contribution in [1.29, 1.82) is 0 Å². The number of amides is 1. The van der Waals surface area contributed by atoms with Gasteiger partial charge < -0.3 is 15.1 Å². The van der Waals surface area contributed by atoms with Gasteiger partial charge in [-0.05, 0) is 23.8 Å². The van der Waals surface area contributed by atoms with E-state index in [0.29, 0.717) is 26.1 Å². The average Bonchev–Trinajstić information content (AvgIpc) is 2.98. The molecule has 2 heterocycles. The lowest BCUT2D eigenvalue weighted by molar-refractivity contribution is -0.137. The molecule has 25 heavy (non-hydrogen) atoms. The molecule has 0 bridgehead atoms. The monoisotopic (exact) mass is 363 g/mol. The van der Waals surface area contributed by atoms with Gasteiger partial charge in [0.1, 0.15) is 5.75 Å². The van der Waals surface area contributed by atoms with Crippen LogP contribution in [0.2, 0.25) is 5.02 Å². The van der Waals surface area contributed by atoms with Crippen molar-refractivity contribution >= 4 is 23.5 Å². The summed E-state index contributed by atoms with van der Waals surface area (Å²) in [6.45, 7) is 1.59. The SMILES string of the molecule is O=C(O)CCc1cc2n(n1)CCN(C(=O)Cc1ccc(O)c(Cl)c1)C2. The summed E-state index contributed by atoms with van der Waals surface area (Å²) in [5.74, 6) is -0.884. The molecular weight excluding hydrogens is 346 g/mol. The van der Waals surface area contributed by atoms with Gasteiger partial charge in [-0.1, -0.05) is 17.7 Å². The van der Waals surface area contributed by atoms with Crippen LogP contribution in [0.5, 0.6) is 5.75 Å². The van der Waals surface area contributed by atoms with Crippen molar-refractivity contribution in [2.45, 2.75) is 32.4 Å². The molecular formula is C17H18ClN3O4. The second-order valence-electron chi connectivity index (χ2n) is 6.02. The van der Waals surface area contributed by atoms with Crippen molar-refractivity contribution in [1.82, 2.24) is 14.7 Å². The molecule has 3 rings (SSSR count). The third kappa shape index (κ3) is 4.11. The number of rotatable bonds is 5. The maximum atomic E-state index is 12.5. The van der Waals surface area contributed by atoms with E-state index in [1.165, 1.54) is 6.07 Å². The largest absolute Gasteiger partial charge is 0.506 e. The molecule has 0 unspecified atom stereocenters. The van der Waals surface area contributed by atoms with E-state index in [0.717, 1.165) is 17.0 Å². The molecule has 2 N–H and O–H groups in total. The molecule has 1 aliphatic rings. The van der Waals surface area contributed by atoms with Gasteiger partial charge in [0, 0.05) is 13.0 Å². The number of hydrogen-bond acceptors (Lipinski definition) is 4. The van der Waals surface area contributed by atoms with E-state index in [9.17, 15) is 14.7 Å². The number of carboxylic acids is 1. The molecule has 8 heteroatoms. The van der Waals surface area contributed by atoms with Crippen LogP contribution in [-0.4, -0.2) is 43.3 Å². The Balaban J connectivity index is 1.64. The summed E-state index contributed by atoms with van der Waals surface area (Å²) in [6, 6.07) is 6.61. The number of aromatic nitrogens is 2. The smallest absolute Gasteiger partial charge is 0.303 e. The molecule has 0 spiro atoms. The lowest BCUT2D eigenvalue weighted by Gasteiger charge is -2.27. The Labute approximate surface area is 149 Å². The Morgan fingerprint density at radius 2 is 2.04 bits per heavy atom. The predicted molar refractivity (Wildman–Crippen MR) is 90.4 cm³/mol. The van der Waals surface area contributed by atoms with Crippen molar-refractivity contribution in [2.75, 3.05) is 6.54 Å². The molecule has 0 saturated heterocycles. The van der Waals surface area contributed by atoms with Crippen molar-refractivity contribution in [3.63, 3.8) is 0 Å². The summed E-state index contributed by atoms with van der Waals surface area (Å²) < 4.78 is 1.83. The fourth-order valence-corrected chi connectivity index (χ4v) is 3.05. The van der Waals surface area contributed by atoms with Crippen LogP contribution in [0.15, 0.2) is 24.3 Å². The van der Waals surface area contributed by atoms with E-state index >= 15 is 0 Å². The topological polar surface area (TPSA) is 95.7 Å². The minimum absolute atomic E-state index is 0.00590. The zero-order chi connectivity index (χ0) is 18.0. The third-order valence-electron chi connectivity index (χ3n) is 4.16. The fraction of sp³-hybridized carbons (Fsp3) is 0.353. The number of fused-ring (bicyclic) bond motifs is 1. The molecule has 1 aliphatic heterocycles. The van der Waals surface area contributed by atoms with Crippen molar-refractivity contribution in [2.24, 2.45) is 0 Å². The summed E-state index contributed by atoms with van der Waals surface area (Å²) in [5, 5.41) is 22.8. The Kier molecular flexibility index (Phi) is 4.94. The van der Waals surface area contributed by atoms with Gasteiger partial charge in [0.15, 0.2) is 0 Å². The molecule has 1 amide bonds. The van der Waals surface area contributed by atoms with Crippen LogP contribution in [0.4, 0.5) is 0 Å². The third-order valence-corrected chi connectivity index (χ3v) is 4.47. The van der Waals surface area contributed by atoms with E-state index in [1.54, 1.807) is 17.0 Å². The minimum Gasteiger partial charge on any atom is -0.506 e. The number of benzene rings is 1. The maximum Gasteiger partial charge on any atom is 0.303 e. The molecule has 0 radical (unpaired) electrons. The van der Waals surface area contributed by atoms with Crippen molar-refractivity contribution < 1.29 is 19.8 Å². The zero-order valence-corrected chi connectivity index (χ0v) is 14.2. The molecule has 7 nitrogen and oxygen atoms in total. The first kappa shape index (κ1) is 17.3. The number of carbonyl (C=O) groups excluding carboxylic acids is 1. The van der Waals surface area contributed by atoms with Crippen LogP contribution in [0.1, 0.15) is 23.4 Å². The van der Waals surface area contributed by atoms with Crippen LogP contribution in [0.25, 0.3) is 0 Å². The van der Waals surface area contributed by atoms with E-state index in [2.05, 4.69) is 5.10 Å². The Hall–Kier alpha value is -2.54. The van der Waals surface area contributed by atoms with Crippen molar-refractivity contribution in [3.05, 3.63) is 46.2 Å². The Morgan fingerprint density at radius 3 is 2.76 bits per heavy atom. The normalized spacial score (nSPS) is 13.6. The first-order valence-electron chi connectivity index (χ1n) is 7.95. The number of phenols is 1. The van der Waals surface area contributed by atoms with Crippen LogP contribution in [-0.2, 0) is 35.5 Å². The minimum atomic E-state index is -0.852. The summed E-state index contributed by atoms with van der Waals surface area (Å²) in [6.07, 6.45) is 0.635. The number of halogens is 1. The number of phenolic OH excluding ortho intramolecular Hbond substituents is 1.